The summed E-state index contributed by atoms with van der Waals surface area (Å²) < 4.78 is 46.0. The zero-order valence-corrected chi connectivity index (χ0v) is 22.3. The molecule has 1 aromatic heterocycles. The molecule has 1 unspecified atom stereocenters. The molecule has 7 rings (SSSR count). The maximum absolute atomic E-state index is 13.5. The Morgan fingerprint density at radius 1 is 1.24 bits per heavy atom. The van der Waals surface area contributed by atoms with Crippen LogP contribution in [0.25, 0.3) is 6.08 Å². The highest BCUT2D eigenvalue weighted by atomic mass is 32.2. The minimum atomic E-state index is -3.49. The van der Waals surface area contributed by atoms with Crippen LogP contribution in [0.15, 0.2) is 41.2 Å². The Labute approximate surface area is 222 Å². The lowest BCUT2D eigenvalue weighted by molar-refractivity contribution is -0.186. The first kappa shape index (κ1) is 24.2. The summed E-state index contributed by atoms with van der Waals surface area (Å²) in [4.78, 5) is 15.0. The van der Waals surface area contributed by atoms with E-state index in [1.165, 1.54) is 6.08 Å². The van der Waals surface area contributed by atoms with Crippen LogP contribution in [0.5, 0.6) is 11.5 Å². The van der Waals surface area contributed by atoms with Crippen LogP contribution in [-0.2, 0) is 26.7 Å². The number of sulfonamides is 1. The largest absolute Gasteiger partial charge is 0.493 e. The van der Waals surface area contributed by atoms with Gasteiger partial charge in [-0.1, -0.05) is 6.07 Å². The van der Waals surface area contributed by atoms with Crippen LogP contribution in [0.4, 0.5) is 0 Å². The number of carbonyl (C=O) groups is 1. The van der Waals surface area contributed by atoms with Crippen molar-refractivity contribution in [3.63, 3.8) is 0 Å². The van der Waals surface area contributed by atoms with Crippen LogP contribution in [-0.4, -0.2) is 78.4 Å². The normalized spacial score (nSPS) is 33.6. The van der Waals surface area contributed by atoms with Crippen LogP contribution >= 0.6 is 0 Å². The molecule has 5 atom stereocenters. The lowest BCUT2D eigenvalue weighted by Gasteiger charge is -2.64. The third-order valence-corrected chi connectivity index (χ3v) is 12.1. The summed E-state index contributed by atoms with van der Waals surface area (Å²) in [6.07, 6.45) is 8.90. The van der Waals surface area contributed by atoms with Gasteiger partial charge in [0, 0.05) is 30.8 Å². The number of furan rings is 1. The van der Waals surface area contributed by atoms with Gasteiger partial charge in [0.15, 0.2) is 11.5 Å². The van der Waals surface area contributed by atoms with Crippen molar-refractivity contribution < 1.29 is 32.2 Å². The SMILES string of the molecule is COc1ccc2c3c1O[C@H]1[C@H](N(C)C(=O)/C=C/c4ccoc4)CC[C@@]4(O)[C@@H](C2)N(S(=O)(=O)C2CC2)CCC314. The molecule has 1 N–H and O–H groups in total. The number of amides is 1. The van der Waals surface area contributed by atoms with Crippen LogP contribution in [0.3, 0.4) is 0 Å². The van der Waals surface area contributed by atoms with Gasteiger partial charge >= 0.3 is 0 Å². The summed E-state index contributed by atoms with van der Waals surface area (Å²) >= 11 is 0. The third-order valence-electron chi connectivity index (χ3n) is 9.67. The number of nitrogens with zero attached hydrogens (tertiary/aromatic N) is 2. The van der Waals surface area contributed by atoms with E-state index in [-0.39, 0.29) is 17.2 Å². The zero-order chi connectivity index (χ0) is 26.4. The maximum Gasteiger partial charge on any atom is 0.246 e. The highest BCUT2D eigenvalue weighted by Gasteiger charge is 2.74. The van der Waals surface area contributed by atoms with Gasteiger partial charge in [0.2, 0.25) is 15.9 Å². The molecule has 2 bridgehead atoms. The Hall–Kier alpha value is -2.82. The third kappa shape index (κ3) is 3.05. The monoisotopic (exact) mass is 540 g/mol. The fraction of sp³-hybridized carbons (Fsp3) is 0.536. The minimum Gasteiger partial charge on any atom is -0.493 e. The van der Waals surface area contributed by atoms with Crippen molar-refractivity contribution in [2.75, 3.05) is 20.7 Å². The predicted octanol–water partition coefficient (Wildman–Crippen LogP) is 2.47. The first-order chi connectivity index (χ1) is 18.2. The van der Waals surface area contributed by atoms with Gasteiger partial charge in [0.1, 0.15) is 6.10 Å². The van der Waals surface area contributed by atoms with Gasteiger partial charge in [0.25, 0.3) is 0 Å². The van der Waals surface area contributed by atoms with Crippen molar-refractivity contribution >= 4 is 22.0 Å². The van der Waals surface area contributed by atoms with Crippen LogP contribution in [0.1, 0.15) is 48.8 Å². The summed E-state index contributed by atoms with van der Waals surface area (Å²) in [6.45, 7) is 0.326. The van der Waals surface area contributed by atoms with Gasteiger partial charge in [-0.3, -0.25) is 4.79 Å². The van der Waals surface area contributed by atoms with E-state index in [1.807, 2.05) is 12.1 Å². The molecule has 202 valence electrons. The molecule has 1 aromatic carbocycles. The average Bonchev–Trinajstić information content (AvgIpc) is 3.53. The Bertz CT molecular complexity index is 1430. The Morgan fingerprint density at radius 3 is 2.76 bits per heavy atom. The van der Waals surface area contributed by atoms with Gasteiger partial charge in [0.05, 0.1) is 48.0 Å². The lowest BCUT2D eigenvalue weighted by atomic mass is 9.48. The molecule has 10 heteroatoms. The van der Waals surface area contributed by atoms with E-state index in [4.69, 9.17) is 13.9 Å². The molecule has 3 fully saturated rings. The molecule has 1 saturated heterocycles. The number of hydrogen-bond donors (Lipinski definition) is 1. The number of benzene rings is 1. The fourth-order valence-electron chi connectivity index (χ4n) is 7.71. The Kier molecular flexibility index (Phi) is 5.16. The first-order valence-corrected chi connectivity index (χ1v) is 14.8. The van der Waals surface area contributed by atoms with E-state index in [1.54, 1.807) is 48.0 Å². The number of aliphatic hydroxyl groups is 1. The predicted molar refractivity (Wildman–Crippen MR) is 138 cm³/mol. The van der Waals surface area contributed by atoms with Gasteiger partial charge in [-0.05, 0) is 62.3 Å². The topological polar surface area (TPSA) is 110 Å². The van der Waals surface area contributed by atoms with Crippen molar-refractivity contribution in [3.8, 4) is 11.5 Å². The molecular weight excluding hydrogens is 508 g/mol. The molecule has 2 saturated carbocycles. The number of methoxy groups -OCH3 is 1. The average molecular weight is 541 g/mol. The van der Waals surface area contributed by atoms with Gasteiger partial charge in [-0.2, -0.15) is 4.31 Å². The van der Waals surface area contributed by atoms with Crippen molar-refractivity contribution in [1.29, 1.82) is 0 Å². The molecule has 38 heavy (non-hydrogen) atoms. The van der Waals surface area contributed by atoms with Gasteiger partial charge in [-0.15, -0.1) is 0 Å². The van der Waals surface area contributed by atoms with E-state index < -0.39 is 33.2 Å². The number of likely N-dealkylation sites (N-methyl/N-ethyl adjacent to an activating group) is 1. The van der Waals surface area contributed by atoms with Crippen molar-refractivity contribution in [1.82, 2.24) is 9.21 Å². The summed E-state index contributed by atoms with van der Waals surface area (Å²) in [5, 5.41) is 12.3. The molecule has 5 aliphatic rings. The number of ether oxygens (including phenoxy) is 2. The highest BCUT2D eigenvalue weighted by molar-refractivity contribution is 7.90. The summed E-state index contributed by atoms with van der Waals surface area (Å²) in [6, 6.07) is 4.74. The van der Waals surface area contributed by atoms with Crippen molar-refractivity contribution in [2.24, 2.45) is 0 Å². The van der Waals surface area contributed by atoms with Gasteiger partial charge < -0.3 is 23.9 Å². The molecule has 3 aliphatic carbocycles. The summed E-state index contributed by atoms with van der Waals surface area (Å²) in [7, 11) is -0.129. The van der Waals surface area contributed by atoms with E-state index in [9.17, 15) is 18.3 Å². The standard InChI is InChI=1S/C28H32N2O7S/c1-29(23(31)8-3-17-10-14-36-16-17)20-9-11-28(32)22-15-18-4-7-21(35-2)25-24(18)27(28,26(20)37-25)12-13-30(22)38(33,34)19-5-6-19/h3-4,7-8,10,14,16,19-20,22,26,32H,5-6,9,11-13,15H2,1-2H3/b8-3+/t20-,22-,26+,27?,28-/m1/s1. The molecule has 0 radical (unpaired) electrons. The number of hydrogen-bond acceptors (Lipinski definition) is 7. The van der Waals surface area contributed by atoms with Gasteiger partial charge in [-0.25, -0.2) is 8.42 Å². The maximum atomic E-state index is 13.5. The van der Waals surface area contributed by atoms with Crippen molar-refractivity contribution in [3.05, 3.63) is 53.5 Å². The first-order valence-electron chi connectivity index (χ1n) is 13.3. The second-order valence-corrected chi connectivity index (χ2v) is 13.5. The van der Waals surface area contributed by atoms with Crippen molar-refractivity contribution in [2.45, 2.75) is 73.0 Å². The molecule has 2 aliphatic heterocycles. The second-order valence-electron chi connectivity index (χ2n) is 11.3. The van der Waals surface area contributed by atoms with E-state index >= 15 is 0 Å². The van der Waals surface area contributed by atoms with E-state index in [0.717, 1.165) is 16.7 Å². The molecular formula is C28H32N2O7S. The highest BCUT2D eigenvalue weighted by Crippen LogP contribution is 2.66. The van der Waals surface area contributed by atoms with Crippen LogP contribution < -0.4 is 9.47 Å². The van der Waals surface area contributed by atoms with E-state index in [0.29, 0.717) is 56.6 Å². The summed E-state index contributed by atoms with van der Waals surface area (Å²) in [5.41, 5.74) is 0.569. The molecule has 1 amide bonds. The number of rotatable bonds is 6. The van der Waals surface area contributed by atoms with Crippen LogP contribution in [0, 0.1) is 0 Å². The fourth-order valence-corrected chi connectivity index (χ4v) is 9.77. The Morgan fingerprint density at radius 2 is 2.05 bits per heavy atom. The number of carbonyl (C=O) groups excluding carboxylic acids is 1. The quantitative estimate of drug-likeness (QED) is 0.561. The Balaban J connectivity index is 1.32. The molecule has 1 spiro atoms. The minimum absolute atomic E-state index is 0.175. The number of piperidine rings is 1. The van der Waals surface area contributed by atoms with Crippen LogP contribution in [0.2, 0.25) is 0 Å². The molecule has 9 nitrogen and oxygen atoms in total. The van der Waals surface area contributed by atoms with E-state index in [2.05, 4.69) is 0 Å². The smallest absolute Gasteiger partial charge is 0.246 e. The lowest BCUT2D eigenvalue weighted by Crippen LogP contribution is -2.78. The molecule has 3 heterocycles. The molecule has 2 aromatic rings. The second kappa shape index (κ2) is 8.09. The summed E-state index contributed by atoms with van der Waals surface area (Å²) in [5.74, 6) is 1.03. The zero-order valence-electron chi connectivity index (χ0n) is 21.5.